The largest absolute Gasteiger partial charge is 0.366 e. The standard InChI is InChI=1S/C17H22N4OS/c1-12-11-23-16(20-12)10-19-17(22)18-9-13(2)21-8-7-14-5-3-4-6-15(14)21/h3-6,11,13H,7-10H2,1-2H3,(H2,18,19,22)/t13-/m0/s1. The molecule has 6 heteroatoms. The fourth-order valence-corrected chi connectivity index (χ4v) is 3.59. The van der Waals surface area contributed by atoms with Crippen molar-refractivity contribution < 1.29 is 4.79 Å². The van der Waals surface area contributed by atoms with Crippen LogP contribution in [0.1, 0.15) is 23.2 Å². The van der Waals surface area contributed by atoms with Crippen LogP contribution >= 0.6 is 11.3 Å². The maximum absolute atomic E-state index is 11.9. The number of carbonyl (C=O) groups excluding carboxylic acids is 1. The van der Waals surface area contributed by atoms with Crippen molar-refractivity contribution in [3.05, 3.63) is 45.9 Å². The fourth-order valence-electron chi connectivity index (χ4n) is 2.87. The van der Waals surface area contributed by atoms with Gasteiger partial charge in [0, 0.05) is 35.9 Å². The smallest absolute Gasteiger partial charge is 0.315 e. The summed E-state index contributed by atoms with van der Waals surface area (Å²) < 4.78 is 0. The molecule has 2 amide bonds. The summed E-state index contributed by atoms with van der Waals surface area (Å²) >= 11 is 1.57. The Balaban J connectivity index is 1.46. The second-order valence-electron chi connectivity index (χ2n) is 5.87. The summed E-state index contributed by atoms with van der Waals surface area (Å²) in [5, 5.41) is 8.73. The second kappa shape index (κ2) is 7.00. The quantitative estimate of drug-likeness (QED) is 0.886. The molecule has 2 aromatic rings. The van der Waals surface area contributed by atoms with Crippen LogP contribution < -0.4 is 15.5 Å². The minimum absolute atomic E-state index is 0.141. The van der Waals surface area contributed by atoms with E-state index in [1.165, 1.54) is 11.3 Å². The molecule has 1 aliphatic rings. The van der Waals surface area contributed by atoms with Gasteiger partial charge in [0.15, 0.2) is 0 Å². The molecular formula is C17H22N4OS. The Bertz CT molecular complexity index is 685. The lowest BCUT2D eigenvalue weighted by atomic mass is 10.2. The van der Waals surface area contributed by atoms with Crippen molar-refractivity contribution in [1.82, 2.24) is 15.6 Å². The summed E-state index contributed by atoms with van der Waals surface area (Å²) in [4.78, 5) is 18.6. The van der Waals surface area contributed by atoms with Crippen LogP contribution in [0.25, 0.3) is 0 Å². The number of fused-ring (bicyclic) bond motifs is 1. The Hall–Kier alpha value is -2.08. The summed E-state index contributed by atoms with van der Waals surface area (Å²) in [5.74, 6) is 0. The Morgan fingerprint density at radius 3 is 3.00 bits per heavy atom. The van der Waals surface area contributed by atoms with Crippen molar-refractivity contribution in [1.29, 1.82) is 0 Å². The number of hydrogen-bond donors (Lipinski definition) is 2. The first-order valence-corrected chi connectivity index (χ1v) is 8.78. The Kier molecular flexibility index (Phi) is 4.81. The van der Waals surface area contributed by atoms with Gasteiger partial charge in [-0.1, -0.05) is 18.2 Å². The van der Waals surface area contributed by atoms with Crippen LogP contribution in [0.15, 0.2) is 29.6 Å². The lowest BCUT2D eigenvalue weighted by molar-refractivity contribution is 0.240. The molecule has 0 bridgehead atoms. The number of urea groups is 1. The van der Waals surface area contributed by atoms with E-state index in [1.54, 1.807) is 11.3 Å². The van der Waals surface area contributed by atoms with Crippen molar-refractivity contribution in [2.45, 2.75) is 32.9 Å². The van der Waals surface area contributed by atoms with Crippen LogP contribution in [-0.4, -0.2) is 30.1 Å². The van der Waals surface area contributed by atoms with E-state index in [1.807, 2.05) is 12.3 Å². The fraction of sp³-hybridized carbons (Fsp3) is 0.412. The van der Waals surface area contributed by atoms with Crippen LogP contribution in [0.5, 0.6) is 0 Å². The minimum Gasteiger partial charge on any atom is -0.366 e. The van der Waals surface area contributed by atoms with Gasteiger partial charge in [0.2, 0.25) is 0 Å². The Morgan fingerprint density at radius 2 is 2.22 bits per heavy atom. The van der Waals surface area contributed by atoms with Crippen LogP contribution in [0.3, 0.4) is 0 Å². The molecule has 0 saturated carbocycles. The van der Waals surface area contributed by atoms with Crippen LogP contribution in [0.2, 0.25) is 0 Å². The van der Waals surface area contributed by atoms with Gasteiger partial charge in [0.1, 0.15) is 5.01 Å². The zero-order valence-corrected chi connectivity index (χ0v) is 14.3. The minimum atomic E-state index is -0.141. The van der Waals surface area contributed by atoms with E-state index in [0.717, 1.165) is 23.7 Å². The van der Waals surface area contributed by atoms with E-state index in [2.05, 4.69) is 51.7 Å². The molecular weight excluding hydrogens is 308 g/mol. The van der Waals surface area contributed by atoms with Crippen LogP contribution in [0.4, 0.5) is 10.5 Å². The van der Waals surface area contributed by atoms with E-state index in [0.29, 0.717) is 13.1 Å². The van der Waals surface area contributed by atoms with Crippen molar-refractivity contribution >= 4 is 23.1 Å². The molecule has 0 aliphatic carbocycles. The van der Waals surface area contributed by atoms with E-state index in [4.69, 9.17) is 0 Å². The molecule has 5 nitrogen and oxygen atoms in total. The van der Waals surface area contributed by atoms with Gasteiger partial charge in [-0.05, 0) is 31.9 Å². The molecule has 3 rings (SSSR count). The van der Waals surface area contributed by atoms with E-state index >= 15 is 0 Å². The topological polar surface area (TPSA) is 57.3 Å². The molecule has 1 atom stereocenters. The van der Waals surface area contributed by atoms with Gasteiger partial charge in [-0.15, -0.1) is 11.3 Å². The van der Waals surface area contributed by atoms with E-state index < -0.39 is 0 Å². The van der Waals surface area contributed by atoms with Gasteiger partial charge >= 0.3 is 6.03 Å². The predicted octanol–water partition coefficient (Wildman–Crippen LogP) is 2.70. The highest BCUT2D eigenvalue weighted by Gasteiger charge is 2.22. The zero-order chi connectivity index (χ0) is 16.2. The molecule has 1 aromatic carbocycles. The van der Waals surface area contributed by atoms with Crippen LogP contribution in [-0.2, 0) is 13.0 Å². The second-order valence-corrected chi connectivity index (χ2v) is 6.81. The highest BCUT2D eigenvalue weighted by molar-refractivity contribution is 7.09. The molecule has 1 aliphatic heterocycles. The number of para-hydroxylation sites is 1. The number of aromatic nitrogens is 1. The lowest BCUT2D eigenvalue weighted by Gasteiger charge is -2.27. The van der Waals surface area contributed by atoms with Crippen molar-refractivity contribution in [3.63, 3.8) is 0 Å². The molecule has 0 fully saturated rings. The first kappa shape index (κ1) is 15.8. The van der Waals surface area contributed by atoms with Crippen LogP contribution in [0, 0.1) is 6.92 Å². The Labute approximate surface area is 140 Å². The normalized spacial score (nSPS) is 14.4. The molecule has 0 saturated heterocycles. The summed E-state index contributed by atoms with van der Waals surface area (Å²) in [5.41, 5.74) is 3.68. The van der Waals surface area contributed by atoms with E-state index in [9.17, 15) is 4.79 Å². The molecule has 0 unspecified atom stereocenters. The molecule has 2 heterocycles. The zero-order valence-electron chi connectivity index (χ0n) is 13.5. The number of hydrogen-bond acceptors (Lipinski definition) is 4. The SMILES string of the molecule is Cc1csc(CNC(=O)NC[C@H](C)N2CCc3ccccc32)n1. The van der Waals surface area contributed by atoms with E-state index in [-0.39, 0.29) is 12.1 Å². The third-order valence-electron chi connectivity index (χ3n) is 4.08. The maximum Gasteiger partial charge on any atom is 0.315 e. The first-order chi connectivity index (χ1) is 11.1. The number of nitrogens with one attached hydrogen (secondary N) is 2. The average molecular weight is 330 g/mol. The van der Waals surface area contributed by atoms with Crippen molar-refractivity contribution in [2.24, 2.45) is 0 Å². The lowest BCUT2D eigenvalue weighted by Crippen LogP contribution is -2.44. The number of carbonyl (C=O) groups is 1. The number of anilines is 1. The third kappa shape index (κ3) is 3.82. The summed E-state index contributed by atoms with van der Waals surface area (Å²) in [6.07, 6.45) is 1.08. The predicted molar refractivity (Wildman–Crippen MR) is 94.0 cm³/mol. The molecule has 0 radical (unpaired) electrons. The maximum atomic E-state index is 11.9. The van der Waals surface area contributed by atoms with Gasteiger partial charge in [-0.2, -0.15) is 0 Å². The molecule has 1 aromatic heterocycles. The summed E-state index contributed by atoms with van der Waals surface area (Å²) in [6.45, 7) is 6.22. The molecule has 2 N–H and O–H groups in total. The molecule has 0 spiro atoms. The van der Waals surface area contributed by atoms with Crippen molar-refractivity contribution in [2.75, 3.05) is 18.0 Å². The van der Waals surface area contributed by atoms with Gasteiger partial charge in [-0.25, -0.2) is 9.78 Å². The highest BCUT2D eigenvalue weighted by Crippen LogP contribution is 2.28. The monoisotopic (exact) mass is 330 g/mol. The number of amides is 2. The van der Waals surface area contributed by atoms with Crippen molar-refractivity contribution in [3.8, 4) is 0 Å². The van der Waals surface area contributed by atoms with Gasteiger partial charge in [0.25, 0.3) is 0 Å². The highest BCUT2D eigenvalue weighted by atomic mass is 32.1. The molecule has 23 heavy (non-hydrogen) atoms. The Morgan fingerprint density at radius 1 is 1.39 bits per heavy atom. The summed E-state index contributed by atoms with van der Waals surface area (Å²) in [7, 11) is 0. The van der Waals surface area contributed by atoms with Gasteiger partial charge < -0.3 is 15.5 Å². The number of rotatable bonds is 5. The molecule has 122 valence electrons. The number of nitrogens with zero attached hydrogens (tertiary/aromatic N) is 2. The number of thiazole rings is 1. The first-order valence-electron chi connectivity index (χ1n) is 7.91. The van der Waals surface area contributed by atoms with Gasteiger partial charge in [0.05, 0.1) is 6.54 Å². The van der Waals surface area contributed by atoms with Gasteiger partial charge in [-0.3, -0.25) is 0 Å². The third-order valence-corrected chi connectivity index (χ3v) is 5.05. The average Bonchev–Trinajstić information content (AvgIpc) is 3.16. The number of benzene rings is 1. The summed E-state index contributed by atoms with van der Waals surface area (Å²) in [6, 6.07) is 8.62. The number of aryl methyl sites for hydroxylation is 1.